The summed E-state index contributed by atoms with van der Waals surface area (Å²) in [7, 11) is 0. The van der Waals surface area contributed by atoms with E-state index in [1.165, 1.54) is 45.2 Å². The molecule has 0 aromatic heterocycles. The first-order valence-electron chi connectivity index (χ1n) is 7.95. The average Bonchev–Trinajstić information content (AvgIpc) is 2.42. The smallest absolute Gasteiger partial charge is 0.0173 e. The van der Waals surface area contributed by atoms with Crippen molar-refractivity contribution in [1.82, 2.24) is 10.6 Å². The van der Waals surface area contributed by atoms with Crippen LogP contribution in [-0.2, 0) is 0 Å². The minimum atomic E-state index is 0.360. The van der Waals surface area contributed by atoms with Crippen LogP contribution < -0.4 is 10.6 Å². The first-order valence-corrected chi connectivity index (χ1v) is 7.95. The van der Waals surface area contributed by atoms with Crippen molar-refractivity contribution in [2.75, 3.05) is 19.6 Å². The molecule has 1 saturated heterocycles. The lowest BCUT2D eigenvalue weighted by Crippen LogP contribution is -2.51. The number of piperidine rings is 1. The molecule has 0 bridgehead atoms. The van der Waals surface area contributed by atoms with Crippen LogP contribution in [0.4, 0.5) is 0 Å². The van der Waals surface area contributed by atoms with Gasteiger partial charge in [-0.15, -0.1) is 0 Å². The van der Waals surface area contributed by atoms with Crippen molar-refractivity contribution in [3.05, 3.63) is 0 Å². The third kappa shape index (κ3) is 3.96. The minimum absolute atomic E-state index is 0.360. The van der Waals surface area contributed by atoms with Crippen molar-refractivity contribution in [2.24, 2.45) is 11.3 Å². The summed E-state index contributed by atoms with van der Waals surface area (Å²) in [5.41, 5.74) is 0.761. The fourth-order valence-electron chi connectivity index (χ4n) is 3.20. The van der Waals surface area contributed by atoms with Crippen LogP contribution in [0.25, 0.3) is 0 Å². The quantitative estimate of drug-likeness (QED) is 0.726. The van der Waals surface area contributed by atoms with Gasteiger partial charge in [0.15, 0.2) is 0 Å². The topological polar surface area (TPSA) is 24.1 Å². The number of rotatable bonds is 7. The Morgan fingerprint density at radius 3 is 2.17 bits per heavy atom. The predicted molar refractivity (Wildman–Crippen MR) is 81.0 cm³/mol. The third-order valence-electron chi connectivity index (χ3n) is 5.35. The molecule has 1 unspecified atom stereocenters. The maximum absolute atomic E-state index is 3.89. The molecule has 2 nitrogen and oxygen atoms in total. The van der Waals surface area contributed by atoms with Gasteiger partial charge in [-0.3, -0.25) is 0 Å². The van der Waals surface area contributed by atoms with Gasteiger partial charge in [0.05, 0.1) is 0 Å². The van der Waals surface area contributed by atoms with E-state index in [1.807, 2.05) is 0 Å². The molecule has 0 saturated carbocycles. The summed E-state index contributed by atoms with van der Waals surface area (Å²) >= 11 is 0. The van der Waals surface area contributed by atoms with Crippen molar-refractivity contribution in [2.45, 2.75) is 72.3 Å². The Hall–Kier alpha value is -0.0800. The van der Waals surface area contributed by atoms with Gasteiger partial charge in [0.25, 0.3) is 0 Å². The zero-order valence-electron chi connectivity index (χ0n) is 13.2. The Morgan fingerprint density at radius 1 is 1.11 bits per heavy atom. The van der Waals surface area contributed by atoms with Crippen LogP contribution in [0.15, 0.2) is 0 Å². The minimum Gasteiger partial charge on any atom is -0.316 e. The molecule has 0 amide bonds. The lowest BCUT2D eigenvalue weighted by Gasteiger charge is -2.41. The highest BCUT2D eigenvalue weighted by molar-refractivity contribution is 4.90. The fraction of sp³-hybridized carbons (Fsp3) is 1.00. The largest absolute Gasteiger partial charge is 0.316 e. The van der Waals surface area contributed by atoms with Gasteiger partial charge >= 0.3 is 0 Å². The normalized spacial score (nSPS) is 22.2. The van der Waals surface area contributed by atoms with Gasteiger partial charge in [-0.2, -0.15) is 0 Å². The number of nitrogens with one attached hydrogen (secondary N) is 2. The molecule has 0 aromatic rings. The highest BCUT2D eigenvalue weighted by Crippen LogP contribution is 2.32. The van der Waals surface area contributed by atoms with Gasteiger partial charge in [-0.25, -0.2) is 0 Å². The molecule has 1 heterocycles. The Morgan fingerprint density at radius 2 is 1.72 bits per heavy atom. The van der Waals surface area contributed by atoms with E-state index >= 15 is 0 Å². The summed E-state index contributed by atoms with van der Waals surface area (Å²) in [6.07, 6.45) is 6.44. The van der Waals surface area contributed by atoms with Gasteiger partial charge in [-0.05, 0) is 56.5 Å². The van der Waals surface area contributed by atoms with E-state index in [1.54, 1.807) is 0 Å². The predicted octanol–water partition coefficient (Wildman–Crippen LogP) is 3.57. The van der Waals surface area contributed by atoms with Gasteiger partial charge in [0, 0.05) is 12.1 Å². The van der Waals surface area contributed by atoms with Crippen molar-refractivity contribution in [1.29, 1.82) is 0 Å². The molecule has 1 aliphatic rings. The lowest BCUT2D eigenvalue weighted by atomic mass is 9.74. The zero-order chi connectivity index (χ0) is 13.6. The second-order valence-corrected chi connectivity index (χ2v) is 6.73. The molecule has 0 spiro atoms. The van der Waals surface area contributed by atoms with E-state index < -0.39 is 0 Å². The molecule has 2 N–H and O–H groups in total. The van der Waals surface area contributed by atoms with Crippen molar-refractivity contribution in [3.63, 3.8) is 0 Å². The van der Waals surface area contributed by atoms with Crippen molar-refractivity contribution >= 4 is 0 Å². The van der Waals surface area contributed by atoms with Crippen LogP contribution in [-0.4, -0.2) is 25.2 Å². The zero-order valence-corrected chi connectivity index (χ0v) is 13.2. The van der Waals surface area contributed by atoms with E-state index in [0.29, 0.717) is 11.0 Å². The van der Waals surface area contributed by atoms with Crippen LogP contribution in [0, 0.1) is 11.3 Å². The molecule has 18 heavy (non-hydrogen) atoms. The fourth-order valence-corrected chi connectivity index (χ4v) is 3.20. The molecule has 0 aliphatic carbocycles. The molecular formula is C16H34N2. The first kappa shape index (κ1) is 16.0. The Bertz CT molecular complexity index is 217. The average molecular weight is 254 g/mol. The molecule has 1 atom stereocenters. The molecule has 0 aromatic carbocycles. The monoisotopic (exact) mass is 254 g/mol. The molecular weight excluding hydrogens is 220 g/mol. The molecule has 1 fully saturated rings. The van der Waals surface area contributed by atoms with E-state index in [-0.39, 0.29) is 0 Å². The van der Waals surface area contributed by atoms with Gasteiger partial charge in [0.2, 0.25) is 0 Å². The maximum Gasteiger partial charge on any atom is 0.0173 e. The Balaban J connectivity index is 2.53. The number of hydrogen-bond acceptors (Lipinski definition) is 2. The number of hydrogen-bond donors (Lipinski definition) is 2. The van der Waals surface area contributed by atoms with Gasteiger partial charge in [-0.1, -0.05) is 34.6 Å². The summed E-state index contributed by atoms with van der Waals surface area (Å²) in [6, 6.07) is 0. The highest BCUT2D eigenvalue weighted by Gasteiger charge is 2.33. The van der Waals surface area contributed by atoms with Crippen LogP contribution in [0.3, 0.4) is 0 Å². The van der Waals surface area contributed by atoms with Crippen LogP contribution >= 0.6 is 0 Å². The first-order chi connectivity index (χ1) is 8.49. The lowest BCUT2D eigenvalue weighted by molar-refractivity contribution is 0.141. The maximum atomic E-state index is 3.89. The van der Waals surface area contributed by atoms with Crippen LogP contribution in [0.5, 0.6) is 0 Å². The van der Waals surface area contributed by atoms with E-state index in [0.717, 1.165) is 12.5 Å². The summed E-state index contributed by atoms with van der Waals surface area (Å²) in [4.78, 5) is 0. The standard InChI is InChI=1S/C16H34N2/c1-6-16(7-2,8-3)18-13-15(4,5)14-10-9-11-17-12-14/h14,17-18H,6-13H2,1-5H3. The summed E-state index contributed by atoms with van der Waals surface area (Å²) in [5, 5.41) is 7.44. The molecule has 1 rings (SSSR count). The third-order valence-corrected chi connectivity index (χ3v) is 5.35. The van der Waals surface area contributed by atoms with Crippen LogP contribution in [0.1, 0.15) is 66.7 Å². The van der Waals surface area contributed by atoms with E-state index in [9.17, 15) is 0 Å². The van der Waals surface area contributed by atoms with Crippen LogP contribution in [0.2, 0.25) is 0 Å². The SMILES string of the molecule is CCC(CC)(CC)NCC(C)(C)C1CCCNC1. The second kappa shape index (κ2) is 6.91. The molecule has 2 heteroatoms. The Kier molecular flexibility index (Phi) is 6.13. The molecule has 108 valence electrons. The highest BCUT2D eigenvalue weighted by atomic mass is 15.0. The summed E-state index contributed by atoms with van der Waals surface area (Å²) < 4.78 is 0. The summed E-state index contributed by atoms with van der Waals surface area (Å²) in [5.74, 6) is 0.821. The Labute approximate surface area is 114 Å². The summed E-state index contributed by atoms with van der Waals surface area (Å²) in [6.45, 7) is 15.4. The van der Waals surface area contributed by atoms with E-state index in [2.05, 4.69) is 45.3 Å². The second-order valence-electron chi connectivity index (χ2n) is 6.73. The van der Waals surface area contributed by atoms with Gasteiger partial charge in [0.1, 0.15) is 0 Å². The molecule has 0 radical (unpaired) electrons. The van der Waals surface area contributed by atoms with Crippen molar-refractivity contribution in [3.8, 4) is 0 Å². The molecule has 1 aliphatic heterocycles. The van der Waals surface area contributed by atoms with Gasteiger partial charge < -0.3 is 10.6 Å². The van der Waals surface area contributed by atoms with E-state index in [4.69, 9.17) is 0 Å². The van der Waals surface area contributed by atoms with Crippen molar-refractivity contribution < 1.29 is 0 Å².